The molecule has 2 amide bonds. The number of piperidine rings is 1. The average molecular weight is 463 g/mol. The number of rotatable bonds is 8. The van der Waals surface area contributed by atoms with Crippen molar-refractivity contribution in [2.75, 3.05) is 38.6 Å². The lowest BCUT2D eigenvalue weighted by Crippen LogP contribution is -2.41. The van der Waals surface area contributed by atoms with Crippen molar-refractivity contribution in [3.63, 3.8) is 0 Å². The topological polar surface area (TPSA) is 178 Å². The third kappa shape index (κ3) is 5.67. The monoisotopic (exact) mass is 463 g/mol. The molecule has 2 fully saturated rings. The highest BCUT2D eigenvalue weighted by Crippen LogP contribution is 2.24. The maximum Gasteiger partial charge on any atom is 0.410 e. The number of carbonyl (C=O) groups excluding carboxylic acids is 2. The van der Waals surface area contributed by atoms with Gasteiger partial charge >= 0.3 is 6.09 Å². The van der Waals surface area contributed by atoms with Crippen LogP contribution in [0.4, 0.5) is 10.6 Å². The molecule has 13 heteroatoms. The molecule has 2 unspecified atom stereocenters. The molecule has 33 heavy (non-hydrogen) atoms. The van der Waals surface area contributed by atoms with Crippen molar-refractivity contribution >= 4 is 29.0 Å². The predicted octanol–water partition coefficient (Wildman–Crippen LogP) is -0.985. The van der Waals surface area contributed by atoms with E-state index in [1.54, 1.807) is 15.8 Å². The molecule has 2 aliphatic heterocycles. The molecule has 2 atom stereocenters. The molecule has 2 saturated heterocycles. The third-order valence-electron chi connectivity index (χ3n) is 5.84. The summed E-state index contributed by atoms with van der Waals surface area (Å²) in [4.78, 5) is 38.5. The fourth-order valence-corrected chi connectivity index (χ4v) is 4.00. The molecule has 4 rings (SSSR count). The van der Waals surface area contributed by atoms with Crippen molar-refractivity contribution in [3.05, 3.63) is 12.2 Å². The fraction of sp³-hybridized carbons (Fsp3) is 0.650. The summed E-state index contributed by atoms with van der Waals surface area (Å²) >= 11 is 0. The van der Waals surface area contributed by atoms with Gasteiger partial charge in [-0.05, 0) is 18.8 Å². The molecule has 0 radical (unpaired) electrons. The summed E-state index contributed by atoms with van der Waals surface area (Å²) < 4.78 is 12.5. The van der Waals surface area contributed by atoms with Crippen molar-refractivity contribution in [1.29, 1.82) is 0 Å². The quantitative estimate of drug-likeness (QED) is 0.380. The molecule has 2 aromatic heterocycles. The number of nitrogen functional groups attached to an aromatic ring is 1. The summed E-state index contributed by atoms with van der Waals surface area (Å²) in [5, 5.41) is 20.9. The highest BCUT2D eigenvalue weighted by molar-refractivity contribution is 5.81. The SMILES string of the molecule is Nc1nc(CC2CCN(C(=O)OC3CNC(=O)C3)CC2)nc2c1ncn2COCC(O)CO. The van der Waals surface area contributed by atoms with Crippen LogP contribution in [0.5, 0.6) is 0 Å². The first kappa shape index (κ1) is 23.1. The normalized spacial score (nSPS) is 20.2. The third-order valence-corrected chi connectivity index (χ3v) is 5.84. The molecule has 2 aromatic rings. The molecule has 180 valence electrons. The number of aromatic nitrogens is 4. The lowest BCUT2D eigenvalue weighted by Gasteiger charge is -2.31. The number of anilines is 1. The Morgan fingerprint density at radius 1 is 1.33 bits per heavy atom. The van der Waals surface area contributed by atoms with Crippen LogP contribution in [0.25, 0.3) is 11.2 Å². The van der Waals surface area contributed by atoms with Gasteiger partial charge < -0.3 is 35.6 Å². The number of nitrogens with one attached hydrogen (secondary N) is 1. The van der Waals surface area contributed by atoms with Gasteiger partial charge in [0.05, 0.1) is 32.5 Å². The summed E-state index contributed by atoms with van der Waals surface area (Å²) in [6, 6.07) is 0. The molecule has 0 aromatic carbocycles. The maximum atomic E-state index is 12.3. The Kier molecular flexibility index (Phi) is 7.20. The number of nitrogens with zero attached hydrogens (tertiary/aromatic N) is 5. The number of likely N-dealkylation sites (tertiary alicyclic amines) is 1. The number of ether oxygens (including phenoxy) is 2. The van der Waals surface area contributed by atoms with Gasteiger partial charge in [0.1, 0.15) is 30.3 Å². The van der Waals surface area contributed by atoms with E-state index in [0.717, 1.165) is 12.8 Å². The number of carbonyl (C=O) groups is 2. The molecule has 2 aliphatic rings. The highest BCUT2D eigenvalue weighted by atomic mass is 16.6. The van der Waals surface area contributed by atoms with Crippen molar-refractivity contribution < 1.29 is 29.3 Å². The Morgan fingerprint density at radius 3 is 2.82 bits per heavy atom. The zero-order chi connectivity index (χ0) is 23.4. The summed E-state index contributed by atoms with van der Waals surface area (Å²) in [6.45, 7) is 1.21. The highest BCUT2D eigenvalue weighted by Gasteiger charge is 2.30. The van der Waals surface area contributed by atoms with Crippen LogP contribution in [-0.4, -0.2) is 91.7 Å². The van der Waals surface area contributed by atoms with Crippen LogP contribution in [0.15, 0.2) is 6.33 Å². The van der Waals surface area contributed by atoms with Crippen LogP contribution in [0.2, 0.25) is 0 Å². The first-order valence-electron chi connectivity index (χ1n) is 11.0. The van der Waals surface area contributed by atoms with Crippen LogP contribution < -0.4 is 11.1 Å². The number of fused-ring (bicyclic) bond motifs is 1. The second kappa shape index (κ2) is 10.3. The van der Waals surface area contributed by atoms with Gasteiger partial charge in [-0.15, -0.1) is 0 Å². The summed E-state index contributed by atoms with van der Waals surface area (Å²) in [5.41, 5.74) is 7.10. The molecular formula is C20H29N7O6. The van der Waals surface area contributed by atoms with Gasteiger partial charge in [0, 0.05) is 19.5 Å². The number of aliphatic hydroxyl groups excluding tert-OH is 2. The summed E-state index contributed by atoms with van der Waals surface area (Å²) in [6.07, 6.45) is 2.20. The Balaban J connectivity index is 1.32. The average Bonchev–Trinajstić information content (AvgIpc) is 3.40. The van der Waals surface area contributed by atoms with Gasteiger partial charge in [-0.25, -0.2) is 19.7 Å². The molecule has 0 spiro atoms. The van der Waals surface area contributed by atoms with Crippen molar-refractivity contribution in [1.82, 2.24) is 29.7 Å². The van der Waals surface area contributed by atoms with E-state index < -0.39 is 12.2 Å². The van der Waals surface area contributed by atoms with Gasteiger partial charge in [-0.1, -0.05) is 0 Å². The standard InChI is InChI=1S/C20H29N7O6/c21-18-17-19(27(10-23-17)11-32-9-13(29)8-28)25-15(24-18)5-12-1-3-26(4-2-12)20(31)33-14-6-16(30)22-7-14/h10,12-14,28-29H,1-9,11H2,(H,22,30)(H2,21,24,25). The van der Waals surface area contributed by atoms with Gasteiger partial charge in [0.25, 0.3) is 0 Å². The van der Waals surface area contributed by atoms with E-state index in [9.17, 15) is 14.7 Å². The van der Waals surface area contributed by atoms with Gasteiger partial charge in [0.2, 0.25) is 5.91 Å². The Morgan fingerprint density at radius 2 is 2.12 bits per heavy atom. The van der Waals surface area contributed by atoms with E-state index in [0.29, 0.717) is 43.0 Å². The Bertz CT molecular complexity index is 991. The molecule has 0 aliphatic carbocycles. The molecular weight excluding hydrogens is 434 g/mol. The number of imidazole rings is 1. The molecule has 13 nitrogen and oxygen atoms in total. The fourth-order valence-electron chi connectivity index (χ4n) is 4.00. The van der Waals surface area contributed by atoms with Gasteiger partial charge in [-0.2, -0.15) is 0 Å². The van der Waals surface area contributed by atoms with E-state index in [1.807, 2.05) is 0 Å². The Hall–Kier alpha value is -3.03. The van der Waals surface area contributed by atoms with Crippen molar-refractivity contribution in [2.24, 2.45) is 5.92 Å². The first-order valence-corrected chi connectivity index (χ1v) is 11.0. The largest absolute Gasteiger partial charge is 0.444 e. The van der Waals surface area contributed by atoms with Crippen LogP contribution in [0.3, 0.4) is 0 Å². The second-order valence-electron chi connectivity index (χ2n) is 8.40. The minimum absolute atomic E-state index is 0.0157. The zero-order valence-electron chi connectivity index (χ0n) is 18.2. The van der Waals surface area contributed by atoms with Crippen LogP contribution >= 0.6 is 0 Å². The second-order valence-corrected chi connectivity index (χ2v) is 8.40. The van der Waals surface area contributed by atoms with E-state index >= 15 is 0 Å². The number of hydrogen-bond acceptors (Lipinski definition) is 10. The van der Waals surface area contributed by atoms with Gasteiger partial charge in [0.15, 0.2) is 11.5 Å². The smallest absolute Gasteiger partial charge is 0.410 e. The summed E-state index contributed by atoms with van der Waals surface area (Å²) in [7, 11) is 0. The minimum atomic E-state index is -0.949. The predicted molar refractivity (Wildman–Crippen MR) is 115 cm³/mol. The van der Waals surface area contributed by atoms with Crippen LogP contribution in [0, 0.1) is 5.92 Å². The summed E-state index contributed by atoms with van der Waals surface area (Å²) in [5.74, 6) is 1.06. The minimum Gasteiger partial charge on any atom is -0.444 e. The zero-order valence-corrected chi connectivity index (χ0v) is 18.2. The van der Waals surface area contributed by atoms with E-state index in [2.05, 4.69) is 20.3 Å². The number of amides is 2. The van der Waals surface area contributed by atoms with E-state index in [4.69, 9.17) is 20.3 Å². The number of nitrogens with two attached hydrogens (primary N) is 1. The maximum absolute atomic E-state index is 12.3. The van der Waals surface area contributed by atoms with E-state index in [-0.39, 0.29) is 50.1 Å². The van der Waals surface area contributed by atoms with Crippen LogP contribution in [-0.2, 0) is 27.4 Å². The first-order chi connectivity index (χ1) is 15.9. The molecule has 5 N–H and O–H groups in total. The lowest BCUT2D eigenvalue weighted by atomic mass is 9.93. The Labute approximate surface area is 189 Å². The molecule has 0 saturated carbocycles. The van der Waals surface area contributed by atoms with Crippen molar-refractivity contribution in [2.45, 2.75) is 44.6 Å². The lowest BCUT2D eigenvalue weighted by molar-refractivity contribution is -0.119. The van der Waals surface area contributed by atoms with Gasteiger partial charge in [-0.3, -0.25) is 9.36 Å². The molecule has 0 bridgehead atoms. The number of aliphatic hydroxyl groups is 2. The van der Waals surface area contributed by atoms with E-state index in [1.165, 1.54) is 0 Å². The number of hydrogen-bond donors (Lipinski definition) is 4. The van der Waals surface area contributed by atoms with Crippen molar-refractivity contribution in [3.8, 4) is 0 Å². The van der Waals surface area contributed by atoms with Crippen LogP contribution in [0.1, 0.15) is 25.1 Å². The molecule has 4 heterocycles.